The summed E-state index contributed by atoms with van der Waals surface area (Å²) in [6.45, 7) is 6.01. The van der Waals surface area contributed by atoms with Gasteiger partial charge in [0.2, 0.25) is 5.91 Å². The van der Waals surface area contributed by atoms with Gasteiger partial charge in [-0.15, -0.1) is 0 Å². The van der Waals surface area contributed by atoms with E-state index in [4.69, 9.17) is 0 Å². The topological polar surface area (TPSA) is 49.4 Å². The highest BCUT2D eigenvalue weighted by Gasteiger charge is 2.22. The molecule has 4 nitrogen and oxygen atoms in total. The minimum Gasteiger partial charge on any atom is -0.341 e. The first-order chi connectivity index (χ1) is 9.81. The summed E-state index contributed by atoms with van der Waals surface area (Å²) in [5.41, 5.74) is -0.384. The normalized spacial score (nSPS) is 11.9. The Bertz CT molecular complexity index is 522. The van der Waals surface area contributed by atoms with Gasteiger partial charge in [0.25, 0.3) is 5.91 Å². The highest BCUT2D eigenvalue weighted by molar-refractivity contribution is 5.97. The molecule has 0 aliphatic rings. The van der Waals surface area contributed by atoms with Crippen molar-refractivity contribution in [2.24, 2.45) is 0 Å². The smallest absolute Gasteiger partial charge is 0.252 e. The average Bonchev–Trinajstić information content (AvgIpc) is 2.45. The van der Waals surface area contributed by atoms with Crippen molar-refractivity contribution >= 4 is 11.8 Å². The van der Waals surface area contributed by atoms with Gasteiger partial charge < -0.3 is 10.2 Å². The lowest BCUT2D eigenvalue weighted by atomic mass is 10.1. The molecule has 0 aliphatic carbocycles. The number of rotatable bonds is 5. The molecule has 0 saturated carbocycles. The van der Waals surface area contributed by atoms with E-state index >= 15 is 0 Å². The molecular formula is C14H17F3N2O2. The molecule has 0 fully saturated rings. The van der Waals surface area contributed by atoms with Crippen LogP contribution in [0.15, 0.2) is 12.1 Å². The fraction of sp³-hybridized carbons (Fsp3) is 0.429. The van der Waals surface area contributed by atoms with Crippen LogP contribution < -0.4 is 5.32 Å². The Labute approximate surface area is 120 Å². The van der Waals surface area contributed by atoms with Gasteiger partial charge in [0.05, 0.1) is 0 Å². The predicted octanol–water partition coefficient (Wildman–Crippen LogP) is 2.09. The molecule has 1 atom stereocenters. The zero-order valence-corrected chi connectivity index (χ0v) is 12.0. The van der Waals surface area contributed by atoms with Crippen LogP contribution >= 0.6 is 0 Å². The maximum absolute atomic E-state index is 13.1. The van der Waals surface area contributed by atoms with Gasteiger partial charge in [-0.1, -0.05) is 0 Å². The average molecular weight is 302 g/mol. The Balaban J connectivity index is 2.84. The molecular weight excluding hydrogens is 285 g/mol. The van der Waals surface area contributed by atoms with E-state index in [1.807, 2.05) is 0 Å². The second-order valence-corrected chi connectivity index (χ2v) is 4.46. The molecule has 0 spiro atoms. The van der Waals surface area contributed by atoms with Crippen molar-refractivity contribution in [3.8, 4) is 0 Å². The van der Waals surface area contributed by atoms with Gasteiger partial charge in [0, 0.05) is 18.7 Å². The van der Waals surface area contributed by atoms with E-state index < -0.39 is 29.4 Å². The first-order valence-electron chi connectivity index (χ1n) is 6.55. The zero-order valence-electron chi connectivity index (χ0n) is 12.0. The third-order valence-corrected chi connectivity index (χ3v) is 3.04. The Morgan fingerprint density at radius 2 is 1.62 bits per heavy atom. The lowest BCUT2D eigenvalue weighted by Crippen LogP contribution is -2.46. The molecule has 7 heteroatoms. The SMILES string of the molecule is CCN(CC)C(=O)C(C)NC(=O)c1cc(F)c(F)c(F)c1. The Morgan fingerprint density at radius 3 is 2.05 bits per heavy atom. The number of carbonyl (C=O) groups excluding carboxylic acids is 2. The van der Waals surface area contributed by atoms with Crippen LogP contribution in [0.3, 0.4) is 0 Å². The van der Waals surface area contributed by atoms with Crippen LogP contribution in [0, 0.1) is 17.5 Å². The van der Waals surface area contributed by atoms with E-state index in [9.17, 15) is 22.8 Å². The summed E-state index contributed by atoms with van der Waals surface area (Å²) in [6, 6.07) is 0.318. The summed E-state index contributed by atoms with van der Waals surface area (Å²) in [5.74, 6) is -5.71. The van der Waals surface area contributed by atoms with Crippen LogP contribution in [0.5, 0.6) is 0 Å². The van der Waals surface area contributed by atoms with Crippen LogP contribution in [0.1, 0.15) is 31.1 Å². The molecule has 0 bridgehead atoms. The third kappa shape index (κ3) is 3.96. The first-order valence-corrected chi connectivity index (χ1v) is 6.55. The quantitative estimate of drug-likeness (QED) is 0.847. The van der Waals surface area contributed by atoms with E-state index in [2.05, 4.69) is 5.32 Å². The Kier molecular flexibility index (Phi) is 5.75. The summed E-state index contributed by atoms with van der Waals surface area (Å²) in [6.07, 6.45) is 0. The molecule has 0 aliphatic heterocycles. The van der Waals surface area contributed by atoms with Crippen molar-refractivity contribution in [3.63, 3.8) is 0 Å². The molecule has 21 heavy (non-hydrogen) atoms. The van der Waals surface area contributed by atoms with Crippen LogP contribution in [0.4, 0.5) is 13.2 Å². The maximum atomic E-state index is 13.1. The van der Waals surface area contributed by atoms with Crippen molar-refractivity contribution in [2.45, 2.75) is 26.8 Å². The van der Waals surface area contributed by atoms with E-state index in [0.717, 1.165) is 0 Å². The van der Waals surface area contributed by atoms with E-state index in [0.29, 0.717) is 25.2 Å². The van der Waals surface area contributed by atoms with Gasteiger partial charge in [-0.3, -0.25) is 9.59 Å². The van der Waals surface area contributed by atoms with Crippen molar-refractivity contribution in [3.05, 3.63) is 35.1 Å². The Hall–Kier alpha value is -2.05. The van der Waals surface area contributed by atoms with Crippen molar-refractivity contribution in [2.75, 3.05) is 13.1 Å². The number of amides is 2. The fourth-order valence-corrected chi connectivity index (χ4v) is 1.84. The van der Waals surface area contributed by atoms with Gasteiger partial charge in [0.15, 0.2) is 17.5 Å². The highest BCUT2D eigenvalue weighted by atomic mass is 19.2. The molecule has 1 aromatic carbocycles. The zero-order chi connectivity index (χ0) is 16.2. The number of nitrogens with one attached hydrogen (secondary N) is 1. The summed E-state index contributed by atoms with van der Waals surface area (Å²) in [4.78, 5) is 25.3. The molecule has 1 rings (SSSR count). The van der Waals surface area contributed by atoms with Crippen molar-refractivity contribution in [1.29, 1.82) is 0 Å². The lowest BCUT2D eigenvalue weighted by Gasteiger charge is -2.23. The maximum Gasteiger partial charge on any atom is 0.252 e. The Morgan fingerprint density at radius 1 is 1.14 bits per heavy atom. The monoisotopic (exact) mass is 302 g/mol. The number of hydrogen-bond donors (Lipinski definition) is 1. The second kappa shape index (κ2) is 7.10. The van der Waals surface area contributed by atoms with E-state index in [1.165, 1.54) is 11.8 Å². The summed E-state index contributed by atoms with van der Waals surface area (Å²) in [7, 11) is 0. The largest absolute Gasteiger partial charge is 0.341 e. The summed E-state index contributed by atoms with van der Waals surface area (Å²) in [5, 5.41) is 2.33. The van der Waals surface area contributed by atoms with Gasteiger partial charge in [-0.2, -0.15) is 0 Å². The molecule has 1 N–H and O–H groups in total. The first kappa shape index (κ1) is 17.0. The van der Waals surface area contributed by atoms with Crippen LogP contribution in [0.25, 0.3) is 0 Å². The lowest BCUT2D eigenvalue weighted by molar-refractivity contribution is -0.132. The van der Waals surface area contributed by atoms with E-state index in [-0.39, 0.29) is 11.5 Å². The van der Waals surface area contributed by atoms with Crippen LogP contribution in [-0.2, 0) is 4.79 Å². The summed E-state index contributed by atoms with van der Waals surface area (Å²) >= 11 is 0. The molecule has 1 unspecified atom stereocenters. The number of nitrogens with zero attached hydrogens (tertiary/aromatic N) is 1. The third-order valence-electron chi connectivity index (χ3n) is 3.04. The van der Waals surface area contributed by atoms with Gasteiger partial charge >= 0.3 is 0 Å². The van der Waals surface area contributed by atoms with Crippen LogP contribution in [0.2, 0.25) is 0 Å². The standard InChI is InChI=1S/C14H17F3N2O2/c1-4-19(5-2)14(21)8(3)18-13(20)9-6-10(15)12(17)11(16)7-9/h6-8H,4-5H2,1-3H3,(H,18,20). The highest BCUT2D eigenvalue weighted by Crippen LogP contribution is 2.13. The number of carbonyl (C=O) groups is 2. The second-order valence-electron chi connectivity index (χ2n) is 4.46. The number of halogens is 3. The number of hydrogen-bond acceptors (Lipinski definition) is 2. The van der Waals surface area contributed by atoms with Crippen molar-refractivity contribution < 1.29 is 22.8 Å². The van der Waals surface area contributed by atoms with Gasteiger partial charge in [-0.05, 0) is 32.9 Å². The van der Waals surface area contributed by atoms with Gasteiger partial charge in [0.1, 0.15) is 6.04 Å². The summed E-state index contributed by atoms with van der Waals surface area (Å²) < 4.78 is 38.9. The molecule has 116 valence electrons. The number of benzene rings is 1. The van der Waals surface area contributed by atoms with E-state index in [1.54, 1.807) is 13.8 Å². The number of likely N-dealkylation sites (N-methyl/N-ethyl adjacent to an activating group) is 1. The van der Waals surface area contributed by atoms with Crippen molar-refractivity contribution in [1.82, 2.24) is 10.2 Å². The minimum absolute atomic E-state index is 0.309. The fourth-order valence-electron chi connectivity index (χ4n) is 1.84. The molecule has 0 aromatic heterocycles. The molecule has 0 saturated heterocycles. The minimum atomic E-state index is -1.64. The molecule has 0 heterocycles. The molecule has 1 aromatic rings. The predicted molar refractivity (Wildman–Crippen MR) is 71.2 cm³/mol. The van der Waals surface area contributed by atoms with Gasteiger partial charge in [-0.25, -0.2) is 13.2 Å². The molecule has 2 amide bonds. The van der Waals surface area contributed by atoms with Crippen LogP contribution in [-0.4, -0.2) is 35.8 Å². The molecule has 0 radical (unpaired) electrons.